The third-order valence-electron chi connectivity index (χ3n) is 2.13. The van der Waals surface area contributed by atoms with Crippen molar-refractivity contribution >= 4 is 33.7 Å². The van der Waals surface area contributed by atoms with Crippen molar-refractivity contribution in [3.63, 3.8) is 0 Å². The number of rotatable bonds is 5. The molecule has 0 saturated heterocycles. The number of alkyl halides is 1. The highest BCUT2D eigenvalue weighted by Gasteiger charge is 2.21. The molecule has 0 aliphatic carbocycles. The maximum absolute atomic E-state index is 11.0. The van der Waals surface area contributed by atoms with Crippen LogP contribution in [0.1, 0.15) is 26.3 Å². The number of nitro groups is 1. The largest absolute Gasteiger partial charge is 0.276 e. The molecule has 0 unspecified atom stereocenters. The minimum absolute atomic E-state index is 0.0567. The summed E-state index contributed by atoms with van der Waals surface area (Å²) in [6.45, 7) is 5.35. The van der Waals surface area contributed by atoms with Crippen LogP contribution in [0.3, 0.4) is 0 Å². The smallest absolute Gasteiger partial charge is 0.275 e. The molecule has 0 radical (unpaired) electrons. The molecule has 1 aromatic rings. The predicted molar refractivity (Wildman–Crippen MR) is 75.1 cm³/mol. The number of amides is 1. The van der Waals surface area contributed by atoms with Crippen molar-refractivity contribution in [1.29, 1.82) is 0 Å². The number of benzene rings is 1. The molecule has 0 aliphatic rings. The van der Waals surface area contributed by atoms with E-state index in [1.165, 1.54) is 6.07 Å². The number of hydrogen-bond donors (Lipinski definition) is 0. The zero-order valence-electron chi connectivity index (χ0n) is 10.9. The third-order valence-corrected chi connectivity index (χ3v) is 2.74. The van der Waals surface area contributed by atoms with Crippen molar-refractivity contribution in [2.75, 3.05) is 5.06 Å². The summed E-state index contributed by atoms with van der Waals surface area (Å²) in [7, 11) is 0. The average molecular weight is 331 g/mol. The lowest BCUT2D eigenvalue weighted by Gasteiger charge is -2.26. The van der Waals surface area contributed by atoms with E-state index in [-0.39, 0.29) is 5.69 Å². The lowest BCUT2D eigenvalue weighted by molar-refractivity contribution is -0.385. The molecule has 19 heavy (non-hydrogen) atoms. The first-order valence-corrected chi connectivity index (χ1v) is 6.67. The molecule has 0 spiro atoms. The van der Waals surface area contributed by atoms with E-state index in [0.29, 0.717) is 23.0 Å². The molecule has 0 atom stereocenters. The van der Waals surface area contributed by atoms with Gasteiger partial charge in [0.15, 0.2) is 0 Å². The Bertz CT molecular complexity index is 485. The maximum atomic E-state index is 11.0. The number of anilines is 1. The molecule has 0 bridgehead atoms. The highest BCUT2D eigenvalue weighted by molar-refractivity contribution is 9.08. The van der Waals surface area contributed by atoms with E-state index >= 15 is 0 Å². The number of halogens is 1. The Morgan fingerprint density at radius 1 is 1.47 bits per heavy atom. The molecule has 6 nitrogen and oxygen atoms in total. The van der Waals surface area contributed by atoms with E-state index < -0.39 is 10.5 Å². The van der Waals surface area contributed by atoms with Gasteiger partial charge in [-0.25, -0.2) is 0 Å². The van der Waals surface area contributed by atoms with E-state index in [1.807, 2.05) is 0 Å². The zero-order chi connectivity index (χ0) is 14.6. The van der Waals surface area contributed by atoms with E-state index in [9.17, 15) is 14.9 Å². The highest BCUT2D eigenvalue weighted by atomic mass is 79.9. The van der Waals surface area contributed by atoms with Crippen LogP contribution < -0.4 is 5.06 Å². The van der Waals surface area contributed by atoms with Crippen molar-refractivity contribution < 1.29 is 14.6 Å². The fourth-order valence-corrected chi connectivity index (χ4v) is 1.88. The van der Waals surface area contributed by atoms with Crippen LogP contribution in [-0.2, 0) is 15.0 Å². The van der Waals surface area contributed by atoms with Crippen molar-refractivity contribution in [2.24, 2.45) is 0 Å². The van der Waals surface area contributed by atoms with Gasteiger partial charge < -0.3 is 0 Å². The fraction of sp³-hybridized carbons (Fsp3) is 0.417. The second-order valence-corrected chi connectivity index (χ2v) is 5.40. The Kier molecular flexibility index (Phi) is 5.02. The number of hydroxylamine groups is 1. The summed E-state index contributed by atoms with van der Waals surface area (Å²) in [5.74, 6) is 0. The Morgan fingerprint density at radius 2 is 2.11 bits per heavy atom. The van der Waals surface area contributed by atoms with Gasteiger partial charge in [-0.15, -0.1) is 0 Å². The second-order valence-electron chi connectivity index (χ2n) is 4.84. The van der Waals surface area contributed by atoms with Crippen molar-refractivity contribution in [1.82, 2.24) is 0 Å². The molecule has 0 fully saturated rings. The predicted octanol–water partition coefficient (Wildman–Crippen LogP) is 3.18. The summed E-state index contributed by atoms with van der Waals surface area (Å²) < 4.78 is 0. The molecule has 0 heterocycles. The van der Waals surface area contributed by atoms with Crippen LogP contribution in [0.4, 0.5) is 11.4 Å². The summed E-state index contributed by atoms with van der Waals surface area (Å²) >= 11 is 3.19. The summed E-state index contributed by atoms with van der Waals surface area (Å²) in [6, 6.07) is 4.51. The fourth-order valence-electron chi connectivity index (χ4n) is 1.40. The van der Waals surface area contributed by atoms with Crippen molar-refractivity contribution in [3.8, 4) is 0 Å². The Balaban J connectivity index is 3.15. The van der Waals surface area contributed by atoms with E-state index in [4.69, 9.17) is 4.84 Å². The second kappa shape index (κ2) is 6.12. The van der Waals surface area contributed by atoms with Gasteiger partial charge in [0.25, 0.3) is 5.69 Å². The molecule has 104 valence electrons. The lowest BCUT2D eigenvalue weighted by Crippen LogP contribution is -2.33. The molecule has 0 aromatic heterocycles. The number of nitro benzene ring substituents is 1. The number of nitrogens with zero attached hydrogens (tertiary/aromatic N) is 2. The van der Waals surface area contributed by atoms with Crippen LogP contribution in [-0.4, -0.2) is 16.9 Å². The van der Waals surface area contributed by atoms with Gasteiger partial charge in [0.1, 0.15) is 0 Å². The molecular weight excluding hydrogens is 316 g/mol. The zero-order valence-corrected chi connectivity index (χ0v) is 12.5. The van der Waals surface area contributed by atoms with Crippen LogP contribution >= 0.6 is 15.9 Å². The van der Waals surface area contributed by atoms with Gasteiger partial charge in [-0.2, -0.15) is 5.06 Å². The molecule has 0 aliphatic heterocycles. The maximum Gasteiger partial charge on any atom is 0.275 e. The van der Waals surface area contributed by atoms with E-state index in [2.05, 4.69) is 15.9 Å². The lowest BCUT2D eigenvalue weighted by atomic mass is 10.2. The molecule has 1 aromatic carbocycles. The first-order chi connectivity index (χ1) is 8.78. The highest BCUT2D eigenvalue weighted by Crippen LogP contribution is 2.28. The van der Waals surface area contributed by atoms with Crippen molar-refractivity contribution in [3.05, 3.63) is 33.9 Å². The van der Waals surface area contributed by atoms with Crippen LogP contribution in [0.15, 0.2) is 18.2 Å². The summed E-state index contributed by atoms with van der Waals surface area (Å²) in [5, 5.41) is 12.3. The number of hydrogen-bond acceptors (Lipinski definition) is 4. The van der Waals surface area contributed by atoms with Gasteiger partial charge >= 0.3 is 0 Å². The van der Waals surface area contributed by atoms with E-state index in [1.54, 1.807) is 32.9 Å². The summed E-state index contributed by atoms with van der Waals surface area (Å²) in [4.78, 5) is 26.9. The number of carbonyl (C=O) groups is 1. The minimum atomic E-state index is -0.580. The van der Waals surface area contributed by atoms with Gasteiger partial charge in [0, 0.05) is 17.0 Å². The summed E-state index contributed by atoms with van der Waals surface area (Å²) in [6.07, 6.45) is 0.484. The van der Waals surface area contributed by atoms with Gasteiger partial charge in [-0.05, 0) is 32.9 Å². The quantitative estimate of drug-likeness (QED) is 0.359. The normalized spacial score (nSPS) is 11.2. The van der Waals surface area contributed by atoms with E-state index in [0.717, 1.165) is 5.06 Å². The SMILES string of the molecule is CC(C)(C)ON(C=O)c1ccc(CBr)c([N+](=O)[O-])c1. The first-order valence-electron chi connectivity index (χ1n) is 5.55. The molecule has 0 saturated carbocycles. The Labute approximate surface area is 119 Å². The minimum Gasteiger partial charge on any atom is -0.276 e. The van der Waals surface area contributed by atoms with Crippen LogP contribution in [0, 0.1) is 10.1 Å². The van der Waals surface area contributed by atoms with Crippen LogP contribution in [0.2, 0.25) is 0 Å². The standard InChI is InChI=1S/C12H15BrN2O4/c1-12(2,3)19-14(8-16)10-5-4-9(7-13)11(6-10)15(17)18/h4-6,8H,7H2,1-3H3. The first kappa shape index (κ1) is 15.6. The molecule has 1 rings (SSSR count). The topological polar surface area (TPSA) is 72.7 Å². The molecule has 0 N–H and O–H groups in total. The molecular formula is C12H15BrN2O4. The van der Waals surface area contributed by atoms with Crippen LogP contribution in [0.5, 0.6) is 0 Å². The van der Waals surface area contributed by atoms with Crippen molar-refractivity contribution in [2.45, 2.75) is 31.7 Å². The van der Waals surface area contributed by atoms with Gasteiger partial charge in [0.05, 0.1) is 16.2 Å². The number of carbonyl (C=O) groups excluding carboxylic acids is 1. The third kappa shape index (κ3) is 4.29. The Morgan fingerprint density at radius 3 is 2.53 bits per heavy atom. The Hall–Kier alpha value is -1.47. The van der Waals surface area contributed by atoms with Crippen LogP contribution in [0.25, 0.3) is 0 Å². The van der Waals surface area contributed by atoms with Gasteiger partial charge in [-0.3, -0.25) is 19.7 Å². The van der Waals surface area contributed by atoms with Gasteiger partial charge in [0.2, 0.25) is 6.41 Å². The molecule has 1 amide bonds. The average Bonchev–Trinajstić information content (AvgIpc) is 2.34. The van der Waals surface area contributed by atoms with Gasteiger partial charge in [-0.1, -0.05) is 15.9 Å². The monoisotopic (exact) mass is 330 g/mol. The summed E-state index contributed by atoms with van der Waals surface area (Å²) in [5.41, 5.74) is 0.222. The molecule has 7 heteroatoms.